The van der Waals surface area contributed by atoms with Crippen molar-refractivity contribution in [2.75, 3.05) is 32.7 Å². The van der Waals surface area contributed by atoms with Gasteiger partial charge in [-0.2, -0.15) is 5.10 Å². The number of hydrogen-bond donors (Lipinski definition) is 1. The van der Waals surface area contributed by atoms with Crippen LogP contribution in [0.2, 0.25) is 0 Å². The van der Waals surface area contributed by atoms with Crippen LogP contribution in [0.1, 0.15) is 10.5 Å². The van der Waals surface area contributed by atoms with E-state index in [-0.39, 0.29) is 5.69 Å². The maximum atomic E-state index is 11.5. The fraction of sp³-hybridized carbons (Fsp3) is 0.385. The fourth-order valence-corrected chi connectivity index (χ4v) is 1.44. The molecule has 1 heterocycles. The summed E-state index contributed by atoms with van der Waals surface area (Å²) in [4.78, 5) is 11.5. The summed E-state index contributed by atoms with van der Waals surface area (Å²) in [6.07, 6.45) is 5.46. The molecule has 0 aromatic carbocycles. The predicted octanol–water partition coefficient (Wildman–Crippen LogP) is 1.38. The first-order valence-electron chi connectivity index (χ1n) is 5.77. The summed E-state index contributed by atoms with van der Waals surface area (Å²) in [6.45, 7) is 4.95. The standard InChI is InChI=1S/C13H19N3O3/c1-10(6-5-7-18-3)8-14-11-9-16(2)15-12(11)13(17)19-4/h5-6,9,14H,1,7-8H2,2-4H3/b6-5-. The molecule has 0 aliphatic rings. The molecule has 0 saturated carbocycles. The molecule has 0 aliphatic heterocycles. The highest BCUT2D eigenvalue weighted by Gasteiger charge is 2.16. The number of rotatable bonds is 7. The summed E-state index contributed by atoms with van der Waals surface area (Å²) in [5, 5.41) is 7.15. The number of carbonyl (C=O) groups is 1. The molecular formula is C13H19N3O3. The van der Waals surface area contributed by atoms with Crippen molar-refractivity contribution in [3.05, 3.63) is 36.2 Å². The minimum Gasteiger partial charge on any atom is -0.464 e. The molecule has 1 aromatic heterocycles. The summed E-state index contributed by atoms with van der Waals surface area (Å²) in [7, 11) is 4.70. The first-order chi connectivity index (χ1) is 9.08. The van der Waals surface area contributed by atoms with E-state index in [2.05, 4.69) is 21.7 Å². The lowest BCUT2D eigenvalue weighted by Crippen LogP contribution is -2.09. The lowest BCUT2D eigenvalue weighted by molar-refractivity contribution is 0.0594. The molecule has 6 nitrogen and oxygen atoms in total. The van der Waals surface area contributed by atoms with Crippen LogP contribution in [0.15, 0.2) is 30.5 Å². The van der Waals surface area contributed by atoms with E-state index in [9.17, 15) is 4.79 Å². The van der Waals surface area contributed by atoms with E-state index in [0.717, 1.165) is 5.57 Å². The number of methoxy groups -OCH3 is 2. The zero-order chi connectivity index (χ0) is 14.3. The largest absolute Gasteiger partial charge is 0.464 e. The number of nitrogens with one attached hydrogen (secondary N) is 1. The Morgan fingerprint density at radius 3 is 2.95 bits per heavy atom. The van der Waals surface area contributed by atoms with E-state index in [1.165, 1.54) is 7.11 Å². The van der Waals surface area contributed by atoms with Crippen LogP contribution in [0.4, 0.5) is 5.69 Å². The Bertz CT molecular complexity index is 477. The van der Waals surface area contributed by atoms with Crippen molar-refractivity contribution in [1.29, 1.82) is 0 Å². The normalized spacial score (nSPS) is 10.7. The molecular weight excluding hydrogens is 246 g/mol. The van der Waals surface area contributed by atoms with Gasteiger partial charge < -0.3 is 14.8 Å². The summed E-state index contributed by atoms with van der Waals surface area (Å²) >= 11 is 0. The van der Waals surface area contributed by atoms with E-state index in [1.54, 1.807) is 25.0 Å². The van der Waals surface area contributed by atoms with Gasteiger partial charge in [-0.3, -0.25) is 4.68 Å². The third kappa shape index (κ3) is 4.59. The fourth-order valence-electron chi connectivity index (χ4n) is 1.44. The van der Waals surface area contributed by atoms with Crippen LogP contribution < -0.4 is 5.32 Å². The SMILES string of the molecule is C=C(/C=C\COC)CNc1cn(C)nc1C(=O)OC. The van der Waals surface area contributed by atoms with Gasteiger partial charge in [-0.1, -0.05) is 18.7 Å². The van der Waals surface area contributed by atoms with Crippen molar-refractivity contribution in [2.45, 2.75) is 0 Å². The first kappa shape index (κ1) is 15.0. The Morgan fingerprint density at radius 2 is 2.32 bits per heavy atom. The molecule has 19 heavy (non-hydrogen) atoms. The molecule has 0 bridgehead atoms. The van der Waals surface area contributed by atoms with Crippen molar-refractivity contribution < 1.29 is 14.3 Å². The van der Waals surface area contributed by atoms with Crippen LogP contribution in [-0.2, 0) is 16.5 Å². The second-order valence-electron chi connectivity index (χ2n) is 3.93. The highest BCUT2D eigenvalue weighted by molar-refractivity contribution is 5.93. The number of esters is 1. The van der Waals surface area contributed by atoms with E-state index < -0.39 is 5.97 Å². The second kappa shape index (κ2) is 7.38. The third-order valence-corrected chi connectivity index (χ3v) is 2.33. The van der Waals surface area contributed by atoms with Gasteiger partial charge in [0.15, 0.2) is 5.69 Å². The van der Waals surface area contributed by atoms with Crippen LogP contribution in [0.3, 0.4) is 0 Å². The molecule has 0 fully saturated rings. The molecule has 0 radical (unpaired) electrons. The molecule has 0 unspecified atom stereocenters. The van der Waals surface area contributed by atoms with E-state index in [0.29, 0.717) is 18.8 Å². The Hall–Kier alpha value is -2.08. The highest BCUT2D eigenvalue weighted by Crippen LogP contribution is 2.14. The predicted molar refractivity (Wildman–Crippen MR) is 73.2 cm³/mol. The van der Waals surface area contributed by atoms with Crippen molar-refractivity contribution in [2.24, 2.45) is 7.05 Å². The van der Waals surface area contributed by atoms with Crippen LogP contribution in [0.25, 0.3) is 0 Å². The minimum atomic E-state index is -0.469. The topological polar surface area (TPSA) is 65.4 Å². The Kier molecular flexibility index (Phi) is 5.81. The Balaban J connectivity index is 2.62. The molecule has 0 amide bonds. The Labute approximate surface area is 112 Å². The minimum absolute atomic E-state index is 0.263. The average Bonchev–Trinajstić information content (AvgIpc) is 2.77. The van der Waals surface area contributed by atoms with Gasteiger partial charge >= 0.3 is 5.97 Å². The molecule has 6 heteroatoms. The van der Waals surface area contributed by atoms with Crippen molar-refractivity contribution in [1.82, 2.24) is 9.78 Å². The van der Waals surface area contributed by atoms with Crippen molar-refractivity contribution in [3.8, 4) is 0 Å². The number of aromatic nitrogens is 2. The van der Waals surface area contributed by atoms with Gasteiger partial charge in [0, 0.05) is 26.9 Å². The average molecular weight is 265 g/mol. The summed E-state index contributed by atoms with van der Waals surface area (Å²) in [5.41, 5.74) is 1.76. The van der Waals surface area contributed by atoms with E-state index in [4.69, 9.17) is 4.74 Å². The van der Waals surface area contributed by atoms with Gasteiger partial charge in [-0.15, -0.1) is 0 Å². The lowest BCUT2D eigenvalue weighted by Gasteiger charge is -2.05. The molecule has 0 spiro atoms. The van der Waals surface area contributed by atoms with Gasteiger partial charge in [0.05, 0.1) is 19.4 Å². The summed E-state index contributed by atoms with van der Waals surface area (Å²) in [5.74, 6) is -0.469. The number of nitrogens with zero attached hydrogens (tertiary/aromatic N) is 2. The number of anilines is 1. The van der Waals surface area contributed by atoms with Crippen LogP contribution in [-0.4, -0.2) is 43.1 Å². The quantitative estimate of drug-likeness (QED) is 0.596. The van der Waals surface area contributed by atoms with E-state index in [1.807, 2.05) is 12.2 Å². The van der Waals surface area contributed by atoms with Gasteiger partial charge in [-0.25, -0.2) is 4.79 Å². The second-order valence-corrected chi connectivity index (χ2v) is 3.93. The van der Waals surface area contributed by atoms with Crippen LogP contribution >= 0.6 is 0 Å². The smallest absolute Gasteiger partial charge is 0.360 e. The summed E-state index contributed by atoms with van der Waals surface area (Å²) in [6, 6.07) is 0. The molecule has 1 rings (SSSR count). The number of aryl methyl sites for hydroxylation is 1. The summed E-state index contributed by atoms with van der Waals surface area (Å²) < 4.78 is 11.1. The number of carbonyl (C=O) groups excluding carboxylic acids is 1. The van der Waals surface area contributed by atoms with Gasteiger partial charge in [0.1, 0.15) is 0 Å². The van der Waals surface area contributed by atoms with Gasteiger partial charge in [0.25, 0.3) is 0 Å². The molecule has 0 saturated heterocycles. The maximum Gasteiger partial charge on any atom is 0.360 e. The number of ether oxygens (including phenoxy) is 2. The maximum absolute atomic E-state index is 11.5. The van der Waals surface area contributed by atoms with Gasteiger partial charge in [-0.05, 0) is 5.57 Å². The number of hydrogen-bond acceptors (Lipinski definition) is 5. The van der Waals surface area contributed by atoms with Crippen molar-refractivity contribution >= 4 is 11.7 Å². The van der Waals surface area contributed by atoms with Crippen LogP contribution in [0.5, 0.6) is 0 Å². The monoisotopic (exact) mass is 265 g/mol. The van der Waals surface area contributed by atoms with E-state index >= 15 is 0 Å². The van der Waals surface area contributed by atoms with Crippen LogP contribution in [0, 0.1) is 0 Å². The highest BCUT2D eigenvalue weighted by atomic mass is 16.5. The zero-order valence-electron chi connectivity index (χ0n) is 11.5. The third-order valence-electron chi connectivity index (χ3n) is 2.33. The molecule has 0 atom stereocenters. The lowest BCUT2D eigenvalue weighted by atomic mass is 10.2. The molecule has 0 aliphatic carbocycles. The molecule has 1 aromatic rings. The Morgan fingerprint density at radius 1 is 1.58 bits per heavy atom. The zero-order valence-corrected chi connectivity index (χ0v) is 11.5. The molecule has 104 valence electrons. The van der Waals surface area contributed by atoms with Gasteiger partial charge in [0.2, 0.25) is 0 Å². The first-order valence-corrected chi connectivity index (χ1v) is 5.77. The molecule has 1 N–H and O–H groups in total. The van der Waals surface area contributed by atoms with Crippen molar-refractivity contribution in [3.63, 3.8) is 0 Å².